The number of amides is 1. The van der Waals surface area contributed by atoms with E-state index in [1.54, 1.807) is 18.3 Å². The van der Waals surface area contributed by atoms with E-state index in [4.69, 9.17) is 4.74 Å². The third kappa shape index (κ3) is 3.98. The first-order chi connectivity index (χ1) is 11.2. The number of fused-ring (bicyclic) bond motifs is 1. The van der Waals surface area contributed by atoms with Gasteiger partial charge in [0, 0.05) is 27.1 Å². The summed E-state index contributed by atoms with van der Waals surface area (Å²) >= 11 is 3.34. The molecule has 2 N–H and O–H groups in total. The molecule has 0 saturated carbocycles. The van der Waals surface area contributed by atoms with Crippen LogP contribution in [0.3, 0.4) is 0 Å². The molecule has 0 saturated heterocycles. The number of para-hydroxylation sites is 1. The number of halogens is 1. The molecule has 6 heteroatoms. The highest BCUT2D eigenvalue weighted by Crippen LogP contribution is 2.16. The summed E-state index contributed by atoms with van der Waals surface area (Å²) in [6.07, 6.45) is 3.45. The van der Waals surface area contributed by atoms with Crippen LogP contribution in [0, 0.1) is 0 Å². The first-order valence-corrected chi connectivity index (χ1v) is 7.78. The Kier molecular flexibility index (Phi) is 4.73. The standard InChI is InChI=1S/C17H14BrN3O2/c18-13-5-7-14(8-6-13)23-11-17(22)21-20-10-12-9-19-16-4-2-1-3-15(12)16/h1-10,19H,11H2,(H,21,22)/b20-10+. The van der Waals surface area contributed by atoms with Crippen LogP contribution in [0.5, 0.6) is 5.75 Å². The Morgan fingerprint density at radius 3 is 2.83 bits per heavy atom. The number of nitrogens with one attached hydrogen (secondary N) is 2. The summed E-state index contributed by atoms with van der Waals surface area (Å²) in [5, 5.41) is 5.01. The van der Waals surface area contributed by atoms with Crippen molar-refractivity contribution in [3.63, 3.8) is 0 Å². The molecule has 23 heavy (non-hydrogen) atoms. The highest BCUT2D eigenvalue weighted by atomic mass is 79.9. The number of benzene rings is 2. The third-order valence-electron chi connectivity index (χ3n) is 3.20. The fourth-order valence-corrected chi connectivity index (χ4v) is 2.35. The van der Waals surface area contributed by atoms with E-state index in [1.807, 2.05) is 42.6 Å². The second-order valence-corrected chi connectivity index (χ2v) is 5.74. The average molecular weight is 372 g/mol. The topological polar surface area (TPSA) is 66.5 Å². The predicted molar refractivity (Wildman–Crippen MR) is 93.7 cm³/mol. The number of aromatic amines is 1. The van der Waals surface area contributed by atoms with Gasteiger partial charge in [-0.25, -0.2) is 5.43 Å². The maximum atomic E-state index is 11.7. The second kappa shape index (κ2) is 7.11. The number of carbonyl (C=O) groups excluding carboxylic acids is 1. The number of rotatable bonds is 5. The van der Waals surface area contributed by atoms with Crippen LogP contribution in [-0.2, 0) is 4.79 Å². The van der Waals surface area contributed by atoms with Crippen LogP contribution < -0.4 is 10.2 Å². The molecule has 5 nitrogen and oxygen atoms in total. The van der Waals surface area contributed by atoms with Crippen molar-refractivity contribution < 1.29 is 9.53 Å². The number of nitrogens with zero attached hydrogens (tertiary/aromatic N) is 1. The van der Waals surface area contributed by atoms with Gasteiger partial charge in [-0.3, -0.25) is 4.79 Å². The highest BCUT2D eigenvalue weighted by molar-refractivity contribution is 9.10. The summed E-state index contributed by atoms with van der Waals surface area (Å²) in [5.74, 6) is 0.313. The normalized spacial score (nSPS) is 11.0. The fourth-order valence-electron chi connectivity index (χ4n) is 2.09. The van der Waals surface area contributed by atoms with Gasteiger partial charge in [-0.1, -0.05) is 34.1 Å². The lowest BCUT2D eigenvalue weighted by molar-refractivity contribution is -0.123. The van der Waals surface area contributed by atoms with Gasteiger partial charge < -0.3 is 9.72 Å². The summed E-state index contributed by atoms with van der Waals surface area (Å²) in [6.45, 7) is -0.0904. The lowest BCUT2D eigenvalue weighted by Crippen LogP contribution is -2.24. The summed E-state index contributed by atoms with van der Waals surface area (Å²) < 4.78 is 6.32. The van der Waals surface area contributed by atoms with Crippen molar-refractivity contribution in [1.82, 2.24) is 10.4 Å². The number of H-pyrrole nitrogens is 1. The Labute approximate surface area is 141 Å². The molecule has 0 aliphatic rings. The first-order valence-electron chi connectivity index (χ1n) is 6.99. The fraction of sp³-hybridized carbons (Fsp3) is 0.0588. The molecule has 1 heterocycles. The first kappa shape index (κ1) is 15.3. The van der Waals surface area contributed by atoms with Gasteiger partial charge in [-0.05, 0) is 30.3 Å². The van der Waals surface area contributed by atoms with Gasteiger partial charge in [0.1, 0.15) is 5.75 Å². The molecule has 116 valence electrons. The summed E-state index contributed by atoms with van der Waals surface area (Å²) in [5.41, 5.74) is 4.39. The predicted octanol–water partition coefficient (Wildman–Crippen LogP) is 3.46. The van der Waals surface area contributed by atoms with Crippen LogP contribution in [0.15, 0.2) is 64.3 Å². The molecule has 2 aromatic carbocycles. The zero-order valence-electron chi connectivity index (χ0n) is 12.1. The Morgan fingerprint density at radius 2 is 2.00 bits per heavy atom. The van der Waals surface area contributed by atoms with E-state index in [2.05, 4.69) is 31.4 Å². The number of hydrogen-bond acceptors (Lipinski definition) is 3. The van der Waals surface area contributed by atoms with Crippen molar-refractivity contribution in [2.45, 2.75) is 0 Å². The molecular formula is C17H14BrN3O2. The van der Waals surface area contributed by atoms with Gasteiger partial charge in [0.05, 0.1) is 6.21 Å². The molecule has 0 spiro atoms. The summed E-state index contributed by atoms with van der Waals surface area (Å²) in [6, 6.07) is 15.2. The number of carbonyl (C=O) groups is 1. The minimum Gasteiger partial charge on any atom is -0.484 e. The monoisotopic (exact) mass is 371 g/mol. The van der Waals surface area contributed by atoms with Crippen LogP contribution in [-0.4, -0.2) is 23.7 Å². The zero-order valence-corrected chi connectivity index (χ0v) is 13.7. The molecule has 0 atom stereocenters. The Hall–Kier alpha value is -2.60. The van der Waals surface area contributed by atoms with Gasteiger partial charge in [-0.15, -0.1) is 0 Å². The highest BCUT2D eigenvalue weighted by Gasteiger charge is 2.02. The Morgan fingerprint density at radius 1 is 1.22 bits per heavy atom. The smallest absolute Gasteiger partial charge is 0.277 e. The van der Waals surface area contributed by atoms with Crippen molar-refractivity contribution in [2.75, 3.05) is 6.61 Å². The van der Waals surface area contributed by atoms with Crippen LogP contribution in [0.25, 0.3) is 10.9 Å². The number of ether oxygens (including phenoxy) is 1. The zero-order chi connectivity index (χ0) is 16.1. The van der Waals surface area contributed by atoms with Crippen molar-refractivity contribution in [3.05, 3.63) is 64.8 Å². The molecule has 0 fully saturated rings. The number of hydrogen-bond donors (Lipinski definition) is 2. The molecular weight excluding hydrogens is 358 g/mol. The Balaban J connectivity index is 1.53. The van der Waals surface area contributed by atoms with Crippen molar-refractivity contribution in [2.24, 2.45) is 5.10 Å². The molecule has 0 unspecified atom stereocenters. The van der Waals surface area contributed by atoms with E-state index < -0.39 is 0 Å². The molecule has 3 aromatic rings. The minimum atomic E-state index is -0.316. The third-order valence-corrected chi connectivity index (χ3v) is 3.73. The summed E-state index contributed by atoms with van der Waals surface area (Å²) in [7, 11) is 0. The SMILES string of the molecule is O=C(COc1ccc(Br)cc1)N/N=C/c1c[nH]c2ccccc12. The van der Waals surface area contributed by atoms with Gasteiger partial charge in [0.2, 0.25) is 0 Å². The maximum Gasteiger partial charge on any atom is 0.277 e. The maximum absolute atomic E-state index is 11.7. The van der Waals surface area contributed by atoms with Crippen molar-refractivity contribution in [3.8, 4) is 5.75 Å². The van der Waals surface area contributed by atoms with Crippen molar-refractivity contribution >= 4 is 39.0 Å². The quantitative estimate of drug-likeness (QED) is 0.532. The van der Waals surface area contributed by atoms with E-state index in [9.17, 15) is 4.79 Å². The van der Waals surface area contributed by atoms with E-state index in [0.717, 1.165) is 20.9 Å². The molecule has 0 aliphatic heterocycles. The molecule has 0 bridgehead atoms. The van der Waals surface area contributed by atoms with E-state index in [0.29, 0.717) is 5.75 Å². The van der Waals surface area contributed by atoms with Gasteiger partial charge in [0.15, 0.2) is 6.61 Å². The van der Waals surface area contributed by atoms with E-state index in [1.165, 1.54) is 0 Å². The lowest BCUT2D eigenvalue weighted by Gasteiger charge is -2.04. The molecule has 0 aliphatic carbocycles. The van der Waals surface area contributed by atoms with Gasteiger partial charge >= 0.3 is 0 Å². The summed E-state index contributed by atoms with van der Waals surface area (Å²) in [4.78, 5) is 14.9. The van der Waals surface area contributed by atoms with E-state index >= 15 is 0 Å². The van der Waals surface area contributed by atoms with Gasteiger partial charge in [-0.2, -0.15) is 5.10 Å². The molecule has 3 rings (SSSR count). The van der Waals surface area contributed by atoms with Crippen LogP contribution >= 0.6 is 15.9 Å². The van der Waals surface area contributed by atoms with Crippen molar-refractivity contribution in [1.29, 1.82) is 0 Å². The molecule has 1 aromatic heterocycles. The minimum absolute atomic E-state index is 0.0904. The number of hydrazone groups is 1. The van der Waals surface area contributed by atoms with Crippen LogP contribution in [0.4, 0.5) is 0 Å². The Bertz CT molecular complexity index is 840. The molecule has 0 radical (unpaired) electrons. The molecule has 1 amide bonds. The average Bonchev–Trinajstić information content (AvgIpc) is 2.98. The second-order valence-electron chi connectivity index (χ2n) is 4.83. The van der Waals surface area contributed by atoms with Crippen LogP contribution in [0.1, 0.15) is 5.56 Å². The number of aromatic nitrogens is 1. The van der Waals surface area contributed by atoms with Crippen LogP contribution in [0.2, 0.25) is 0 Å². The largest absolute Gasteiger partial charge is 0.484 e. The lowest BCUT2D eigenvalue weighted by atomic mass is 10.2. The van der Waals surface area contributed by atoms with E-state index in [-0.39, 0.29) is 12.5 Å². The van der Waals surface area contributed by atoms with Gasteiger partial charge in [0.25, 0.3) is 5.91 Å².